The highest BCUT2D eigenvalue weighted by molar-refractivity contribution is 5.85. The molecule has 2 aliphatic carbocycles. The second kappa shape index (κ2) is 8.41. The molecule has 0 radical (unpaired) electrons. The summed E-state index contributed by atoms with van der Waals surface area (Å²) in [4.78, 5) is 0. The summed E-state index contributed by atoms with van der Waals surface area (Å²) in [5.74, 6) is 0.996. The maximum Gasteiger partial charge on any atom is 0.141 e. The van der Waals surface area contributed by atoms with Crippen LogP contribution in [0.4, 0.5) is 10.1 Å². The Morgan fingerprint density at radius 1 is 1.03 bits per heavy atom. The zero-order valence-corrected chi connectivity index (χ0v) is 17.2. The van der Waals surface area contributed by atoms with Crippen LogP contribution in [0, 0.1) is 35.9 Å². The molecule has 2 aromatic rings. The van der Waals surface area contributed by atoms with Gasteiger partial charge < -0.3 is 5.73 Å². The summed E-state index contributed by atoms with van der Waals surface area (Å²) >= 11 is 0. The summed E-state index contributed by atoms with van der Waals surface area (Å²) in [6, 6.07) is 11.3. The van der Waals surface area contributed by atoms with E-state index >= 15 is 0 Å². The number of fused-ring (bicyclic) bond motifs is 1. The maximum atomic E-state index is 14.5. The lowest BCUT2D eigenvalue weighted by atomic mass is 9.74. The molecule has 150 valence electrons. The van der Waals surface area contributed by atoms with Gasteiger partial charge in [0.1, 0.15) is 11.9 Å². The van der Waals surface area contributed by atoms with Crippen LogP contribution in [0.3, 0.4) is 0 Å². The van der Waals surface area contributed by atoms with Crippen LogP contribution in [0.1, 0.15) is 72.8 Å². The Morgan fingerprint density at radius 2 is 1.83 bits per heavy atom. The number of aryl methyl sites for hydroxylation is 1. The number of hydrogen-bond acceptors (Lipinski definition) is 2. The van der Waals surface area contributed by atoms with Gasteiger partial charge in [-0.3, -0.25) is 0 Å². The second-order valence-corrected chi connectivity index (χ2v) is 8.67. The third kappa shape index (κ3) is 3.94. The number of nitrogens with two attached hydrogens (primary N) is 1. The summed E-state index contributed by atoms with van der Waals surface area (Å²) in [6.07, 6.45) is 12.0. The molecular formula is C26H29FN2. The lowest BCUT2D eigenvalue weighted by Gasteiger charge is -2.32. The molecule has 1 atom stereocenters. The van der Waals surface area contributed by atoms with Crippen molar-refractivity contribution in [2.45, 2.75) is 58.3 Å². The van der Waals surface area contributed by atoms with Gasteiger partial charge in [-0.1, -0.05) is 50.3 Å². The summed E-state index contributed by atoms with van der Waals surface area (Å²) in [6.45, 7) is 2.04. The molecule has 1 unspecified atom stereocenters. The fraction of sp³-hybridized carbons (Fsp3) is 0.423. The van der Waals surface area contributed by atoms with Crippen molar-refractivity contribution >= 4 is 11.3 Å². The van der Waals surface area contributed by atoms with E-state index in [1.54, 1.807) is 12.1 Å². The number of benzene rings is 2. The molecule has 2 N–H and O–H groups in total. The molecule has 1 saturated carbocycles. The van der Waals surface area contributed by atoms with Crippen LogP contribution >= 0.6 is 0 Å². The SMILES string of the molecule is Cc1c(N)cccc1/C1=C/CC(C2CCCCC2)CCc2cc(F)c(C#N)cc21. The van der Waals surface area contributed by atoms with Crippen LogP contribution in [0.5, 0.6) is 0 Å². The van der Waals surface area contributed by atoms with Crippen LogP contribution in [0.2, 0.25) is 0 Å². The standard InChI is InChI=1S/C26H29FN2/c1-17-22(8-5-9-26(17)29)23-13-12-19(18-6-3-2-4-7-18)10-11-20-15-25(27)21(16-28)14-24(20)23/h5,8-9,13-15,18-19H,2-4,6-7,10-12,29H2,1H3/b23-13-. The Hall–Kier alpha value is -2.60. The summed E-state index contributed by atoms with van der Waals surface area (Å²) in [7, 11) is 0. The fourth-order valence-corrected chi connectivity index (χ4v) is 5.23. The average molecular weight is 389 g/mol. The predicted octanol–water partition coefficient (Wildman–Crippen LogP) is 6.55. The van der Waals surface area contributed by atoms with Gasteiger partial charge in [0.2, 0.25) is 0 Å². The second-order valence-electron chi connectivity index (χ2n) is 8.67. The Morgan fingerprint density at radius 3 is 2.59 bits per heavy atom. The minimum atomic E-state index is -0.412. The minimum absolute atomic E-state index is 0.112. The lowest BCUT2D eigenvalue weighted by Crippen LogP contribution is -2.20. The Bertz CT molecular complexity index is 977. The van der Waals surface area contributed by atoms with E-state index in [1.807, 2.05) is 25.1 Å². The van der Waals surface area contributed by atoms with Crippen molar-refractivity contribution < 1.29 is 4.39 Å². The first-order valence-corrected chi connectivity index (χ1v) is 10.9. The van der Waals surface area contributed by atoms with E-state index in [0.717, 1.165) is 58.7 Å². The topological polar surface area (TPSA) is 49.8 Å². The monoisotopic (exact) mass is 388 g/mol. The Labute approximate surface area is 173 Å². The quantitative estimate of drug-likeness (QED) is 0.593. The van der Waals surface area contributed by atoms with Crippen molar-refractivity contribution in [3.05, 3.63) is 70.0 Å². The molecule has 1 fully saturated rings. The molecule has 4 rings (SSSR count). The Kier molecular flexibility index (Phi) is 5.72. The summed E-state index contributed by atoms with van der Waals surface area (Å²) in [5.41, 5.74) is 12.3. The van der Waals surface area contributed by atoms with Crippen molar-refractivity contribution in [1.29, 1.82) is 5.26 Å². The van der Waals surface area contributed by atoms with Crippen LogP contribution in [-0.4, -0.2) is 0 Å². The predicted molar refractivity (Wildman–Crippen MR) is 117 cm³/mol. The number of allylic oxidation sites excluding steroid dienone is 1. The van der Waals surface area contributed by atoms with Gasteiger partial charge in [0.15, 0.2) is 0 Å². The van der Waals surface area contributed by atoms with Gasteiger partial charge >= 0.3 is 0 Å². The van der Waals surface area contributed by atoms with Crippen molar-refractivity contribution in [1.82, 2.24) is 0 Å². The van der Waals surface area contributed by atoms with Gasteiger partial charge in [0.05, 0.1) is 5.56 Å². The highest BCUT2D eigenvalue weighted by Crippen LogP contribution is 2.40. The van der Waals surface area contributed by atoms with Crippen LogP contribution in [0.25, 0.3) is 5.57 Å². The zero-order valence-electron chi connectivity index (χ0n) is 17.2. The number of halogens is 1. The molecule has 0 spiro atoms. The van der Waals surface area contributed by atoms with Gasteiger partial charge in [-0.15, -0.1) is 0 Å². The number of nitriles is 1. The van der Waals surface area contributed by atoms with Crippen LogP contribution in [-0.2, 0) is 6.42 Å². The fourth-order valence-electron chi connectivity index (χ4n) is 5.23. The van der Waals surface area contributed by atoms with Gasteiger partial charge in [-0.05, 0) is 84.0 Å². The molecule has 2 nitrogen and oxygen atoms in total. The molecule has 2 aliphatic rings. The number of anilines is 1. The highest BCUT2D eigenvalue weighted by Gasteiger charge is 2.26. The Balaban J connectivity index is 1.82. The molecule has 2 aromatic carbocycles. The van der Waals surface area contributed by atoms with Crippen LogP contribution < -0.4 is 5.73 Å². The van der Waals surface area contributed by atoms with E-state index in [0.29, 0.717) is 5.92 Å². The normalized spacial score (nSPS) is 22.0. The first-order valence-electron chi connectivity index (χ1n) is 10.9. The lowest BCUT2D eigenvalue weighted by molar-refractivity contribution is 0.237. The zero-order chi connectivity index (χ0) is 20.4. The first-order chi connectivity index (χ1) is 14.1. The third-order valence-corrected chi connectivity index (χ3v) is 7.00. The molecule has 3 heteroatoms. The molecule has 29 heavy (non-hydrogen) atoms. The maximum absolute atomic E-state index is 14.5. The summed E-state index contributed by atoms with van der Waals surface area (Å²) in [5, 5.41) is 9.38. The van der Waals surface area contributed by atoms with Crippen molar-refractivity contribution in [3.63, 3.8) is 0 Å². The number of nitrogen functional groups attached to an aromatic ring is 1. The van der Waals surface area contributed by atoms with Crippen molar-refractivity contribution in [2.24, 2.45) is 11.8 Å². The van der Waals surface area contributed by atoms with E-state index in [-0.39, 0.29) is 5.56 Å². The molecule has 0 aliphatic heterocycles. The van der Waals surface area contributed by atoms with Gasteiger partial charge in [0.25, 0.3) is 0 Å². The first kappa shape index (κ1) is 19.7. The van der Waals surface area contributed by atoms with E-state index in [1.165, 1.54) is 32.1 Å². The molecule has 0 amide bonds. The number of rotatable bonds is 2. The molecule has 0 bridgehead atoms. The number of hydrogen-bond donors (Lipinski definition) is 1. The third-order valence-electron chi connectivity index (χ3n) is 7.00. The van der Waals surface area contributed by atoms with Gasteiger partial charge in [-0.25, -0.2) is 4.39 Å². The average Bonchev–Trinajstić information content (AvgIpc) is 2.73. The summed E-state index contributed by atoms with van der Waals surface area (Å²) < 4.78 is 14.5. The highest BCUT2D eigenvalue weighted by atomic mass is 19.1. The van der Waals surface area contributed by atoms with E-state index in [2.05, 4.69) is 12.1 Å². The van der Waals surface area contributed by atoms with Crippen LogP contribution in [0.15, 0.2) is 36.4 Å². The van der Waals surface area contributed by atoms with Crippen molar-refractivity contribution in [3.8, 4) is 6.07 Å². The van der Waals surface area contributed by atoms with Gasteiger partial charge in [-0.2, -0.15) is 5.26 Å². The number of nitrogens with zero attached hydrogens (tertiary/aromatic N) is 1. The smallest absolute Gasteiger partial charge is 0.141 e. The van der Waals surface area contributed by atoms with Gasteiger partial charge in [0, 0.05) is 5.69 Å². The molecule has 0 heterocycles. The molecule has 0 saturated heterocycles. The molecule has 0 aromatic heterocycles. The van der Waals surface area contributed by atoms with E-state index in [4.69, 9.17) is 5.73 Å². The van der Waals surface area contributed by atoms with E-state index in [9.17, 15) is 9.65 Å². The van der Waals surface area contributed by atoms with Crippen molar-refractivity contribution in [2.75, 3.05) is 5.73 Å². The largest absolute Gasteiger partial charge is 0.398 e. The van der Waals surface area contributed by atoms with E-state index < -0.39 is 5.82 Å². The minimum Gasteiger partial charge on any atom is -0.398 e. The molecular weight excluding hydrogens is 359 g/mol.